The Kier molecular flexibility index (Phi) is 7.03. The molecular formula is C17H29NO2. The summed E-state index contributed by atoms with van der Waals surface area (Å²) in [4.78, 5) is 0. The maximum absolute atomic E-state index is 5.72. The number of hydrogen-bond donors (Lipinski definition) is 1. The molecule has 0 aliphatic rings. The van der Waals surface area contributed by atoms with E-state index in [1.165, 1.54) is 5.56 Å². The summed E-state index contributed by atoms with van der Waals surface area (Å²) < 4.78 is 10.9. The largest absolute Gasteiger partial charge is 0.494 e. The van der Waals surface area contributed by atoms with E-state index in [-0.39, 0.29) is 5.54 Å². The van der Waals surface area contributed by atoms with Crippen LogP contribution in [0.2, 0.25) is 0 Å². The van der Waals surface area contributed by atoms with E-state index in [0.29, 0.717) is 12.5 Å². The van der Waals surface area contributed by atoms with Crippen LogP contribution < -0.4 is 10.1 Å². The predicted octanol–water partition coefficient (Wildman–Crippen LogP) is 3.63. The van der Waals surface area contributed by atoms with Crippen LogP contribution in [0.25, 0.3) is 0 Å². The van der Waals surface area contributed by atoms with Gasteiger partial charge in [-0.1, -0.05) is 26.0 Å². The first-order chi connectivity index (χ1) is 9.43. The highest BCUT2D eigenvalue weighted by Gasteiger charge is 2.15. The van der Waals surface area contributed by atoms with Gasteiger partial charge >= 0.3 is 0 Å². The van der Waals surface area contributed by atoms with Gasteiger partial charge in [0, 0.05) is 19.2 Å². The van der Waals surface area contributed by atoms with E-state index in [0.717, 1.165) is 25.3 Å². The fraction of sp³-hybridized carbons (Fsp3) is 0.647. The molecule has 0 aliphatic carbocycles. The third kappa shape index (κ3) is 6.92. The molecule has 1 N–H and O–H groups in total. The number of methoxy groups -OCH3 is 1. The van der Waals surface area contributed by atoms with Crippen molar-refractivity contribution in [3.8, 4) is 5.75 Å². The van der Waals surface area contributed by atoms with E-state index in [9.17, 15) is 0 Å². The monoisotopic (exact) mass is 279 g/mol. The van der Waals surface area contributed by atoms with E-state index in [1.54, 1.807) is 7.11 Å². The Bertz CT molecular complexity index is 371. The summed E-state index contributed by atoms with van der Waals surface area (Å²) in [6.07, 6.45) is 1.09. The fourth-order valence-electron chi connectivity index (χ4n) is 1.87. The van der Waals surface area contributed by atoms with Crippen LogP contribution >= 0.6 is 0 Å². The zero-order chi connectivity index (χ0) is 15.0. The van der Waals surface area contributed by atoms with Gasteiger partial charge in [0.15, 0.2) is 0 Å². The smallest absolute Gasteiger partial charge is 0.119 e. The molecule has 114 valence electrons. The second kappa shape index (κ2) is 8.28. The minimum atomic E-state index is -0.0127. The number of benzene rings is 1. The van der Waals surface area contributed by atoms with E-state index in [2.05, 4.69) is 45.1 Å². The van der Waals surface area contributed by atoms with Crippen LogP contribution in [-0.4, -0.2) is 25.9 Å². The molecule has 0 bridgehead atoms. The summed E-state index contributed by atoms with van der Waals surface area (Å²) in [5, 5.41) is 3.49. The van der Waals surface area contributed by atoms with Crippen molar-refractivity contribution in [2.75, 3.05) is 20.3 Å². The molecule has 0 radical (unpaired) electrons. The third-order valence-electron chi connectivity index (χ3n) is 3.16. The van der Waals surface area contributed by atoms with Crippen molar-refractivity contribution in [2.24, 2.45) is 5.92 Å². The third-order valence-corrected chi connectivity index (χ3v) is 3.16. The van der Waals surface area contributed by atoms with Crippen LogP contribution in [0.4, 0.5) is 0 Å². The van der Waals surface area contributed by atoms with Crippen LogP contribution in [0, 0.1) is 5.92 Å². The Balaban J connectivity index is 2.38. The minimum absolute atomic E-state index is 0.0127. The van der Waals surface area contributed by atoms with E-state index in [4.69, 9.17) is 9.47 Å². The first-order valence-electron chi connectivity index (χ1n) is 7.38. The molecule has 3 heteroatoms. The van der Waals surface area contributed by atoms with Crippen molar-refractivity contribution in [3.63, 3.8) is 0 Å². The first-order valence-corrected chi connectivity index (χ1v) is 7.38. The molecule has 0 amide bonds. The van der Waals surface area contributed by atoms with Crippen LogP contribution in [0.1, 0.15) is 39.7 Å². The van der Waals surface area contributed by atoms with Crippen LogP contribution in [0.5, 0.6) is 5.75 Å². The average Bonchev–Trinajstić information content (AvgIpc) is 2.37. The first kappa shape index (κ1) is 17.0. The molecule has 0 unspecified atom stereocenters. The molecule has 1 aromatic rings. The van der Waals surface area contributed by atoms with Crippen molar-refractivity contribution in [1.82, 2.24) is 5.32 Å². The summed E-state index contributed by atoms with van der Waals surface area (Å²) in [6.45, 7) is 11.0. The van der Waals surface area contributed by atoms with Crippen molar-refractivity contribution in [2.45, 2.75) is 46.2 Å². The van der Waals surface area contributed by atoms with Gasteiger partial charge < -0.3 is 14.8 Å². The van der Waals surface area contributed by atoms with Crippen LogP contribution in [-0.2, 0) is 11.3 Å². The van der Waals surface area contributed by atoms with Crippen molar-refractivity contribution < 1.29 is 9.47 Å². The summed E-state index contributed by atoms with van der Waals surface area (Å²) in [5.41, 5.74) is 1.24. The maximum atomic E-state index is 5.72. The summed E-state index contributed by atoms with van der Waals surface area (Å²) in [7, 11) is 1.73. The molecule has 0 heterocycles. The van der Waals surface area contributed by atoms with Gasteiger partial charge in [0.1, 0.15) is 5.75 Å². The molecule has 1 rings (SSSR count). The van der Waals surface area contributed by atoms with E-state index >= 15 is 0 Å². The Morgan fingerprint density at radius 1 is 1.15 bits per heavy atom. The molecule has 0 saturated heterocycles. The van der Waals surface area contributed by atoms with Gasteiger partial charge in [0.25, 0.3) is 0 Å². The fourth-order valence-corrected chi connectivity index (χ4v) is 1.87. The number of rotatable bonds is 9. The Morgan fingerprint density at radius 2 is 1.80 bits per heavy atom. The average molecular weight is 279 g/mol. The Morgan fingerprint density at radius 3 is 2.35 bits per heavy atom. The van der Waals surface area contributed by atoms with Crippen molar-refractivity contribution in [1.29, 1.82) is 0 Å². The minimum Gasteiger partial charge on any atom is -0.494 e. The number of ether oxygens (including phenoxy) is 2. The highest BCUT2D eigenvalue weighted by molar-refractivity contribution is 5.27. The molecule has 0 spiro atoms. The zero-order valence-corrected chi connectivity index (χ0v) is 13.5. The van der Waals surface area contributed by atoms with Gasteiger partial charge in [-0.25, -0.2) is 0 Å². The Hall–Kier alpha value is -1.06. The number of nitrogens with one attached hydrogen (secondary N) is 1. The normalized spacial score (nSPS) is 11.9. The van der Waals surface area contributed by atoms with Gasteiger partial charge in [-0.15, -0.1) is 0 Å². The number of hydrogen-bond acceptors (Lipinski definition) is 3. The van der Waals surface area contributed by atoms with Gasteiger partial charge in [-0.3, -0.25) is 0 Å². The van der Waals surface area contributed by atoms with E-state index in [1.807, 2.05) is 12.1 Å². The topological polar surface area (TPSA) is 30.5 Å². The van der Waals surface area contributed by atoms with Crippen molar-refractivity contribution >= 4 is 0 Å². The van der Waals surface area contributed by atoms with Gasteiger partial charge in [0.05, 0.1) is 13.2 Å². The standard InChI is InChI=1S/C17H29NO2/c1-14(2)10-11-20-16-8-6-15(7-9-16)12-18-17(3,4)13-19-5/h6-9,14,18H,10-13H2,1-5H3. The highest BCUT2D eigenvalue weighted by atomic mass is 16.5. The molecule has 1 aromatic carbocycles. The quantitative estimate of drug-likeness (QED) is 0.749. The van der Waals surface area contributed by atoms with Crippen LogP contribution in [0.3, 0.4) is 0 Å². The predicted molar refractivity (Wildman–Crippen MR) is 84.2 cm³/mol. The lowest BCUT2D eigenvalue weighted by atomic mass is 10.1. The zero-order valence-electron chi connectivity index (χ0n) is 13.5. The van der Waals surface area contributed by atoms with Crippen molar-refractivity contribution in [3.05, 3.63) is 29.8 Å². The molecule has 0 aliphatic heterocycles. The Labute approximate surface area is 123 Å². The molecule has 0 atom stereocenters. The molecule has 0 saturated carbocycles. The van der Waals surface area contributed by atoms with Crippen LogP contribution in [0.15, 0.2) is 24.3 Å². The second-order valence-corrected chi connectivity index (χ2v) is 6.35. The maximum Gasteiger partial charge on any atom is 0.119 e. The molecular weight excluding hydrogens is 250 g/mol. The lowest BCUT2D eigenvalue weighted by molar-refractivity contribution is 0.128. The summed E-state index contributed by atoms with van der Waals surface area (Å²) in [6, 6.07) is 8.31. The lowest BCUT2D eigenvalue weighted by Crippen LogP contribution is -2.42. The van der Waals surface area contributed by atoms with Gasteiger partial charge in [0.2, 0.25) is 0 Å². The molecule has 0 fully saturated rings. The second-order valence-electron chi connectivity index (χ2n) is 6.35. The molecule has 3 nitrogen and oxygen atoms in total. The van der Waals surface area contributed by atoms with Gasteiger partial charge in [-0.2, -0.15) is 0 Å². The van der Waals surface area contributed by atoms with E-state index < -0.39 is 0 Å². The molecule has 20 heavy (non-hydrogen) atoms. The highest BCUT2D eigenvalue weighted by Crippen LogP contribution is 2.14. The van der Waals surface area contributed by atoms with Gasteiger partial charge in [-0.05, 0) is 43.9 Å². The summed E-state index contributed by atoms with van der Waals surface area (Å²) >= 11 is 0. The summed E-state index contributed by atoms with van der Waals surface area (Å²) in [5.74, 6) is 1.63. The SMILES string of the molecule is COCC(C)(C)NCc1ccc(OCCC(C)C)cc1. The molecule has 0 aromatic heterocycles. The lowest BCUT2D eigenvalue weighted by Gasteiger charge is -2.25.